The van der Waals surface area contributed by atoms with Crippen LogP contribution in [0.3, 0.4) is 0 Å². The van der Waals surface area contributed by atoms with Crippen LogP contribution in [-0.2, 0) is 6.42 Å². The molecule has 5 nitrogen and oxygen atoms in total. The molecule has 0 unspecified atom stereocenters. The Labute approximate surface area is 88.9 Å². The molecule has 1 aromatic carbocycles. The summed E-state index contributed by atoms with van der Waals surface area (Å²) in [6, 6.07) is 4.71. The minimum Gasteiger partial charge on any atom is -0.504 e. The van der Waals surface area contributed by atoms with Crippen LogP contribution < -0.4 is 11.9 Å². The Balaban J connectivity index is -0.000000403. The predicted molar refractivity (Wildman–Crippen MR) is 58.4 cm³/mol. The standard InChI is InChI=1S/C8H11NO2.ClH.H3N.H2O/c9-4-3-6-1-2-7(10)8(11)5-6;;;/h1-2,5,10-11H,3-4,9H2;1H;1H3;1H2. The zero-order chi connectivity index (χ0) is 8.27. The third-order valence-electron chi connectivity index (χ3n) is 1.47. The van der Waals surface area contributed by atoms with Gasteiger partial charge in [-0.05, 0) is 30.7 Å². The summed E-state index contributed by atoms with van der Waals surface area (Å²) in [4.78, 5) is 0. The van der Waals surface area contributed by atoms with Crippen molar-refractivity contribution in [2.24, 2.45) is 5.73 Å². The van der Waals surface area contributed by atoms with Crippen molar-refractivity contribution in [2.75, 3.05) is 6.54 Å². The topological polar surface area (TPSA) is 133 Å². The van der Waals surface area contributed by atoms with Crippen molar-refractivity contribution >= 4 is 12.4 Å². The molecule has 0 atom stereocenters. The summed E-state index contributed by atoms with van der Waals surface area (Å²) in [6.07, 6.45) is 0.716. The average molecular weight is 225 g/mol. The zero-order valence-electron chi connectivity index (χ0n) is 7.73. The van der Waals surface area contributed by atoms with Gasteiger partial charge < -0.3 is 27.6 Å². The molecule has 0 radical (unpaired) electrons. The lowest BCUT2D eigenvalue weighted by Gasteiger charge is -2.00. The molecule has 14 heavy (non-hydrogen) atoms. The van der Waals surface area contributed by atoms with Gasteiger partial charge in [-0.1, -0.05) is 6.07 Å². The summed E-state index contributed by atoms with van der Waals surface area (Å²) in [5, 5.41) is 18.0. The van der Waals surface area contributed by atoms with Gasteiger partial charge in [0.2, 0.25) is 0 Å². The van der Waals surface area contributed by atoms with Gasteiger partial charge in [0.05, 0.1) is 0 Å². The van der Waals surface area contributed by atoms with Gasteiger partial charge in [-0.15, -0.1) is 12.4 Å². The molecule has 0 saturated carbocycles. The number of hydrogen-bond donors (Lipinski definition) is 4. The van der Waals surface area contributed by atoms with Crippen LogP contribution in [0.1, 0.15) is 5.56 Å². The van der Waals surface area contributed by atoms with Crippen LogP contribution >= 0.6 is 12.4 Å². The highest BCUT2D eigenvalue weighted by molar-refractivity contribution is 5.85. The van der Waals surface area contributed by atoms with E-state index < -0.39 is 0 Å². The van der Waals surface area contributed by atoms with E-state index in [1.807, 2.05) is 0 Å². The summed E-state index contributed by atoms with van der Waals surface area (Å²) < 4.78 is 0. The fourth-order valence-electron chi connectivity index (χ4n) is 0.891. The van der Waals surface area contributed by atoms with Crippen LogP contribution in [0.15, 0.2) is 18.2 Å². The third kappa shape index (κ3) is 4.88. The molecular weight excluding hydrogens is 208 g/mol. The van der Waals surface area contributed by atoms with E-state index in [9.17, 15) is 0 Å². The molecule has 0 fully saturated rings. The number of halogens is 1. The lowest BCUT2D eigenvalue weighted by Crippen LogP contribution is -2.02. The Morgan fingerprint density at radius 2 is 1.71 bits per heavy atom. The summed E-state index contributed by atoms with van der Waals surface area (Å²) in [6.45, 7) is 0.546. The second-order valence-corrected chi connectivity index (χ2v) is 2.36. The van der Waals surface area contributed by atoms with Crippen molar-refractivity contribution in [3.05, 3.63) is 23.8 Å². The molecule has 1 rings (SSSR count). The SMILES string of the molecule is Cl.N.NCCc1ccc(O)c(O)c1.O. The molecular formula is C8H17ClN2O3. The highest BCUT2D eigenvalue weighted by atomic mass is 35.5. The van der Waals surface area contributed by atoms with Crippen molar-refractivity contribution in [3.63, 3.8) is 0 Å². The molecule has 0 bridgehead atoms. The maximum atomic E-state index is 9.04. The van der Waals surface area contributed by atoms with Gasteiger partial charge in [0.25, 0.3) is 0 Å². The van der Waals surface area contributed by atoms with Crippen molar-refractivity contribution in [1.82, 2.24) is 6.15 Å². The minimum atomic E-state index is -0.0919. The first-order valence-corrected chi connectivity index (χ1v) is 3.45. The average Bonchev–Trinajstić information content (AvgIpc) is 1.98. The van der Waals surface area contributed by atoms with E-state index >= 15 is 0 Å². The van der Waals surface area contributed by atoms with Gasteiger partial charge in [-0.25, -0.2) is 0 Å². The molecule has 0 spiro atoms. The van der Waals surface area contributed by atoms with Crippen molar-refractivity contribution < 1.29 is 15.7 Å². The van der Waals surface area contributed by atoms with Crippen LogP contribution in [0.25, 0.3) is 0 Å². The Kier molecular flexibility index (Phi) is 11.5. The molecule has 0 aliphatic rings. The van der Waals surface area contributed by atoms with Crippen molar-refractivity contribution in [2.45, 2.75) is 6.42 Å². The van der Waals surface area contributed by atoms with Gasteiger partial charge >= 0.3 is 0 Å². The molecule has 6 heteroatoms. The molecule has 9 N–H and O–H groups in total. The normalized spacial score (nSPS) is 7.79. The number of aromatic hydroxyl groups is 2. The molecule has 0 aliphatic heterocycles. The van der Waals surface area contributed by atoms with Gasteiger partial charge in [-0.3, -0.25) is 0 Å². The smallest absolute Gasteiger partial charge is 0.157 e. The van der Waals surface area contributed by atoms with Crippen LogP contribution in [-0.4, -0.2) is 22.2 Å². The molecule has 0 saturated heterocycles. The highest BCUT2D eigenvalue weighted by Crippen LogP contribution is 2.24. The molecule has 84 valence electrons. The molecule has 1 aromatic rings. The molecule has 0 amide bonds. The lowest BCUT2D eigenvalue weighted by molar-refractivity contribution is 0.403. The Morgan fingerprint density at radius 3 is 2.14 bits per heavy atom. The first kappa shape index (κ1) is 18.7. The maximum absolute atomic E-state index is 9.04. The van der Waals surface area contributed by atoms with Crippen molar-refractivity contribution in [3.8, 4) is 11.5 Å². The largest absolute Gasteiger partial charge is 0.504 e. The highest BCUT2D eigenvalue weighted by Gasteiger charge is 1.98. The van der Waals surface area contributed by atoms with Gasteiger partial charge in [0.15, 0.2) is 11.5 Å². The van der Waals surface area contributed by atoms with E-state index in [1.165, 1.54) is 12.1 Å². The fraction of sp³-hybridized carbons (Fsp3) is 0.250. The second-order valence-electron chi connectivity index (χ2n) is 2.36. The van der Waals surface area contributed by atoms with E-state index in [1.54, 1.807) is 6.07 Å². The Bertz CT molecular complexity index is 258. The van der Waals surface area contributed by atoms with Crippen LogP contribution in [0.5, 0.6) is 11.5 Å². The summed E-state index contributed by atoms with van der Waals surface area (Å²) >= 11 is 0. The number of rotatable bonds is 2. The summed E-state index contributed by atoms with van der Waals surface area (Å²) in [5.41, 5.74) is 6.24. The quantitative estimate of drug-likeness (QED) is 0.540. The number of phenols is 2. The molecule has 0 aliphatic carbocycles. The van der Waals surface area contributed by atoms with Gasteiger partial charge in [-0.2, -0.15) is 0 Å². The first-order valence-electron chi connectivity index (χ1n) is 3.45. The molecule has 0 heterocycles. The second kappa shape index (κ2) is 8.58. The van der Waals surface area contributed by atoms with Gasteiger partial charge in [0.1, 0.15) is 0 Å². The third-order valence-corrected chi connectivity index (χ3v) is 1.47. The van der Waals surface area contributed by atoms with Crippen LogP contribution in [0, 0.1) is 0 Å². The number of nitrogens with two attached hydrogens (primary N) is 1. The summed E-state index contributed by atoms with van der Waals surface area (Å²) in [7, 11) is 0. The lowest BCUT2D eigenvalue weighted by atomic mass is 10.1. The van der Waals surface area contributed by atoms with E-state index in [0.29, 0.717) is 13.0 Å². The number of benzene rings is 1. The van der Waals surface area contributed by atoms with E-state index in [-0.39, 0.29) is 35.5 Å². The van der Waals surface area contributed by atoms with Gasteiger partial charge in [0, 0.05) is 0 Å². The number of hydrogen-bond acceptors (Lipinski definition) is 4. The van der Waals surface area contributed by atoms with E-state index in [2.05, 4.69) is 0 Å². The summed E-state index contributed by atoms with van der Waals surface area (Å²) in [5.74, 6) is -0.179. The molecule has 0 aromatic heterocycles. The van der Waals surface area contributed by atoms with Crippen LogP contribution in [0.2, 0.25) is 0 Å². The monoisotopic (exact) mass is 224 g/mol. The number of phenolic OH excluding ortho intramolecular Hbond substituents is 2. The minimum absolute atomic E-state index is 0. The zero-order valence-corrected chi connectivity index (χ0v) is 8.55. The Hall–Kier alpha value is -1.01. The first-order chi connectivity index (χ1) is 5.24. The van der Waals surface area contributed by atoms with E-state index in [0.717, 1.165) is 5.56 Å². The van der Waals surface area contributed by atoms with Crippen molar-refractivity contribution in [1.29, 1.82) is 0 Å². The predicted octanol–water partition coefficient (Wildman–Crippen LogP) is 0.358. The Morgan fingerprint density at radius 1 is 1.14 bits per heavy atom. The fourth-order valence-corrected chi connectivity index (χ4v) is 0.891. The van der Waals surface area contributed by atoms with Crippen LogP contribution in [0.4, 0.5) is 0 Å². The van der Waals surface area contributed by atoms with E-state index in [4.69, 9.17) is 15.9 Å². The maximum Gasteiger partial charge on any atom is 0.157 e.